The molecule has 0 amide bonds. The highest BCUT2D eigenvalue weighted by Crippen LogP contribution is 2.12. The lowest BCUT2D eigenvalue weighted by molar-refractivity contribution is 0.295. The van der Waals surface area contributed by atoms with E-state index in [2.05, 4.69) is 67.2 Å². The number of nitrogens with one attached hydrogen (secondary N) is 1. The standard InChI is InChI=1S/C17H30N4/c1-5-21(6-2)13-16-10-8-7-9-15(16)12-20-17(18)19-11-14(3)4/h7-10,14H,5-6,11-13H2,1-4H3,(H3,18,19,20). The third-order valence-corrected chi connectivity index (χ3v) is 3.52. The van der Waals surface area contributed by atoms with E-state index in [4.69, 9.17) is 5.73 Å². The predicted molar refractivity (Wildman–Crippen MR) is 91.2 cm³/mol. The Labute approximate surface area is 129 Å². The Hall–Kier alpha value is -1.55. The number of benzene rings is 1. The number of hydrogen-bond acceptors (Lipinski definition) is 2. The van der Waals surface area contributed by atoms with Gasteiger partial charge in [-0.05, 0) is 30.1 Å². The molecule has 0 aliphatic carbocycles. The van der Waals surface area contributed by atoms with Crippen molar-refractivity contribution >= 4 is 5.96 Å². The van der Waals surface area contributed by atoms with Gasteiger partial charge in [0.15, 0.2) is 5.96 Å². The molecule has 1 aromatic carbocycles. The Balaban J connectivity index is 2.68. The molecule has 0 unspecified atom stereocenters. The van der Waals surface area contributed by atoms with E-state index in [1.165, 1.54) is 11.1 Å². The zero-order chi connectivity index (χ0) is 15.7. The maximum absolute atomic E-state index is 5.90. The van der Waals surface area contributed by atoms with Crippen molar-refractivity contribution < 1.29 is 0 Å². The van der Waals surface area contributed by atoms with Gasteiger partial charge < -0.3 is 11.1 Å². The highest BCUT2D eigenvalue weighted by atomic mass is 15.1. The molecule has 0 spiro atoms. The van der Waals surface area contributed by atoms with Gasteiger partial charge in [0.25, 0.3) is 0 Å². The first-order valence-electron chi connectivity index (χ1n) is 7.89. The van der Waals surface area contributed by atoms with Crippen molar-refractivity contribution in [3.05, 3.63) is 35.4 Å². The van der Waals surface area contributed by atoms with Crippen LogP contribution in [0.4, 0.5) is 0 Å². The van der Waals surface area contributed by atoms with E-state index in [9.17, 15) is 0 Å². The summed E-state index contributed by atoms with van der Waals surface area (Å²) in [6.45, 7) is 13.3. The lowest BCUT2D eigenvalue weighted by Crippen LogP contribution is -2.34. The Morgan fingerprint density at radius 3 is 2.38 bits per heavy atom. The normalized spacial score (nSPS) is 12.2. The summed E-state index contributed by atoms with van der Waals surface area (Å²) in [4.78, 5) is 6.86. The molecule has 3 N–H and O–H groups in total. The summed E-state index contributed by atoms with van der Waals surface area (Å²) in [5, 5.41) is 3.15. The van der Waals surface area contributed by atoms with Gasteiger partial charge in [-0.25, -0.2) is 4.99 Å². The van der Waals surface area contributed by atoms with Crippen LogP contribution in [-0.2, 0) is 13.1 Å². The van der Waals surface area contributed by atoms with Crippen molar-refractivity contribution in [3.63, 3.8) is 0 Å². The first kappa shape index (κ1) is 17.5. The van der Waals surface area contributed by atoms with Crippen molar-refractivity contribution in [1.29, 1.82) is 0 Å². The molecule has 0 aliphatic heterocycles. The van der Waals surface area contributed by atoms with Crippen LogP contribution in [0.15, 0.2) is 29.3 Å². The lowest BCUT2D eigenvalue weighted by atomic mass is 10.1. The van der Waals surface area contributed by atoms with Gasteiger partial charge in [-0.15, -0.1) is 0 Å². The molecule has 118 valence electrons. The van der Waals surface area contributed by atoms with Gasteiger partial charge in [-0.2, -0.15) is 0 Å². The molecule has 1 rings (SSSR count). The van der Waals surface area contributed by atoms with Crippen LogP contribution in [-0.4, -0.2) is 30.5 Å². The number of nitrogens with two attached hydrogens (primary N) is 1. The van der Waals surface area contributed by atoms with Gasteiger partial charge in [-0.3, -0.25) is 4.90 Å². The number of hydrogen-bond donors (Lipinski definition) is 2. The monoisotopic (exact) mass is 290 g/mol. The average molecular weight is 290 g/mol. The third-order valence-electron chi connectivity index (χ3n) is 3.52. The first-order valence-corrected chi connectivity index (χ1v) is 7.89. The molecule has 0 heterocycles. The maximum Gasteiger partial charge on any atom is 0.188 e. The SMILES string of the molecule is CCN(CC)Cc1ccccc1CN=C(N)NCC(C)C. The van der Waals surface area contributed by atoms with E-state index in [1.54, 1.807) is 0 Å². The van der Waals surface area contributed by atoms with Crippen molar-refractivity contribution in [2.45, 2.75) is 40.8 Å². The third kappa shape index (κ3) is 6.63. The average Bonchev–Trinajstić information content (AvgIpc) is 2.49. The van der Waals surface area contributed by atoms with Crippen LogP contribution in [0.5, 0.6) is 0 Å². The van der Waals surface area contributed by atoms with Gasteiger partial charge in [-0.1, -0.05) is 52.0 Å². The second-order valence-corrected chi connectivity index (χ2v) is 5.71. The molecule has 0 fully saturated rings. The zero-order valence-electron chi connectivity index (χ0n) is 13.9. The Bertz CT molecular complexity index is 436. The van der Waals surface area contributed by atoms with Gasteiger partial charge >= 0.3 is 0 Å². The van der Waals surface area contributed by atoms with Crippen LogP contribution >= 0.6 is 0 Å². The summed E-state index contributed by atoms with van der Waals surface area (Å²) in [6.07, 6.45) is 0. The van der Waals surface area contributed by atoms with Crippen molar-refractivity contribution in [3.8, 4) is 0 Å². The zero-order valence-corrected chi connectivity index (χ0v) is 13.9. The van der Waals surface area contributed by atoms with Crippen molar-refractivity contribution in [1.82, 2.24) is 10.2 Å². The van der Waals surface area contributed by atoms with E-state index in [1.807, 2.05) is 0 Å². The summed E-state index contributed by atoms with van der Waals surface area (Å²) in [7, 11) is 0. The van der Waals surface area contributed by atoms with E-state index < -0.39 is 0 Å². The molecule has 4 nitrogen and oxygen atoms in total. The first-order chi connectivity index (χ1) is 10.1. The van der Waals surface area contributed by atoms with Gasteiger partial charge in [0.05, 0.1) is 6.54 Å². The fourth-order valence-electron chi connectivity index (χ4n) is 2.09. The van der Waals surface area contributed by atoms with E-state index >= 15 is 0 Å². The maximum atomic E-state index is 5.90. The van der Waals surface area contributed by atoms with Crippen molar-refractivity contribution in [2.75, 3.05) is 19.6 Å². The topological polar surface area (TPSA) is 53.6 Å². The van der Waals surface area contributed by atoms with E-state index in [-0.39, 0.29) is 0 Å². The molecule has 0 saturated carbocycles. The summed E-state index contributed by atoms with van der Waals surface area (Å²) in [6, 6.07) is 8.47. The van der Waals surface area contributed by atoms with E-state index in [0.29, 0.717) is 18.4 Å². The number of guanidine groups is 1. The highest BCUT2D eigenvalue weighted by Gasteiger charge is 2.06. The van der Waals surface area contributed by atoms with Gasteiger partial charge in [0.2, 0.25) is 0 Å². The predicted octanol–water partition coefficient (Wildman–Crippen LogP) is 2.59. The molecule has 0 aliphatic rings. The minimum Gasteiger partial charge on any atom is -0.370 e. The molecule has 0 bridgehead atoms. The molecular weight excluding hydrogens is 260 g/mol. The molecule has 21 heavy (non-hydrogen) atoms. The van der Waals surface area contributed by atoms with Crippen LogP contribution < -0.4 is 11.1 Å². The molecule has 4 heteroatoms. The van der Waals surface area contributed by atoms with Crippen LogP contribution in [0.25, 0.3) is 0 Å². The second-order valence-electron chi connectivity index (χ2n) is 5.71. The number of aliphatic imine (C=N–C) groups is 1. The van der Waals surface area contributed by atoms with E-state index in [0.717, 1.165) is 26.2 Å². The van der Waals surface area contributed by atoms with Crippen LogP contribution in [0.1, 0.15) is 38.8 Å². The molecule has 0 atom stereocenters. The summed E-state index contributed by atoms with van der Waals surface area (Å²) in [5.74, 6) is 1.09. The Kier molecular flexibility index (Phi) is 7.83. The fraction of sp³-hybridized carbons (Fsp3) is 0.588. The summed E-state index contributed by atoms with van der Waals surface area (Å²) < 4.78 is 0. The number of nitrogens with zero attached hydrogens (tertiary/aromatic N) is 2. The lowest BCUT2D eigenvalue weighted by Gasteiger charge is -2.19. The molecular formula is C17H30N4. The van der Waals surface area contributed by atoms with Gasteiger partial charge in [0.1, 0.15) is 0 Å². The summed E-state index contributed by atoms with van der Waals surface area (Å²) >= 11 is 0. The fourth-order valence-corrected chi connectivity index (χ4v) is 2.09. The highest BCUT2D eigenvalue weighted by molar-refractivity contribution is 5.77. The molecule has 0 radical (unpaired) electrons. The van der Waals surface area contributed by atoms with Gasteiger partial charge in [0, 0.05) is 13.1 Å². The largest absolute Gasteiger partial charge is 0.370 e. The Morgan fingerprint density at radius 2 is 1.81 bits per heavy atom. The van der Waals surface area contributed by atoms with Crippen LogP contribution in [0.3, 0.4) is 0 Å². The minimum absolute atomic E-state index is 0.529. The second kappa shape index (κ2) is 9.40. The van der Waals surface area contributed by atoms with Crippen LogP contribution in [0.2, 0.25) is 0 Å². The molecule has 0 aromatic heterocycles. The minimum atomic E-state index is 0.529. The van der Waals surface area contributed by atoms with Crippen LogP contribution in [0, 0.1) is 5.92 Å². The number of rotatable bonds is 8. The smallest absolute Gasteiger partial charge is 0.188 e. The summed E-state index contributed by atoms with van der Waals surface area (Å²) in [5.41, 5.74) is 8.49. The quantitative estimate of drug-likeness (QED) is 0.571. The van der Waals surface area contributed by atoms with Crippen molar-refractivity contribution in [2.24, 2.45) is 16.6 Å². The Morgan fingerprint density at radius 1 is 1.19 bits per heavy atom. The molecule has 1 aromatic rings. The molecule has 0 saturated heterocycles.